The highest BCUT2D eigenvalue weighted by Crippen LogP contribution is 2.25. The van der Waals surface area contributed by atoms with Crippen molar-refractivity contribution in [3.05, 3.63) is 0 Å². The molecule has 4 heteroatoms. The van der Waals surface area contributed by atoms with Gasteiger partial charge in [-0.25, -0.2) is 0 Å². The number of nitrogens with two attached hydrogens (primary N) is 1. The van der Waals surface area contributed by atoms with E-state index in [2.05, 4.69) is 5.32 Å². The van der Waals surface area contributed by atoms with Gasteiger partial charge in [0.2, 0.25) is 5.91 Å². The highest BCUT2D eigenvalue weighted by Gasteiger charge is 2.21. The van der Waals surface area contributed by atoms with Crippen LogP contribution in [0, 0.1) is 5.92 Å². The molecule has 1 rings (SSSR count). The third kappa shape index (κ3) is 5.47. The predicted octanol–water partition coefficient (Wildman–Crippen LogP) is 1.05. The Hall–Kier alpha value is -0.610. The lowest BCUT2D eigenvalue weighted by molar-refractivity contribution is -0.122. The van der Waals surface area contributed by atoms with Crippen LogP contribution in [0.25, 0.3) is 0 Å². The summed E-state index contributed by atoms with van der Waals surface area (Å²) in [6.07, 6.45) is 5.96. The second-order valence-corrected chi connectivity index (χ2v) is 4.69. The molecule has 4 nitrogen and oxygen atoms in total. The second kappa shape index (κ2) is 7.63. The van der Waals surface area contributed by atoms with Crippen molar-refractivity contribution in [1.82, 2.24) is 5.32 Å². The zero-order valence-electron chi connectivity index (χ0n) is 10.2. The van der Waals surface area contributed by atoms with E-state index < -0.39 is 0 Å². The van der Waals surface area contributed by atoms with Crippen LogP contribution in [0.4, 0.5) is 0 Å². The van der Waals surface area contributed by atoms with Crippen LogP contribution in [0.3, 0.4) is 0 Å². The van der Waals surface area contributed by atoms with Crippen LogP contribution in [0.5, 0.6) is 0 Å². The van der Waals surface area contributed by atoms with Gasteiger partial charge in [0, 0.05) is 32.7 Å². The molecule has 1 saturated carbocycles. The number of methoxy groups -OCH3 is 1. The minimum Gasteiger partial charge on any atom is -0.385 e. The van der Waals surface area contributed by atoms with Gasteiger partial charge in [0.1, 0.15) is 0 Å². The number of hydrogen-bond donors (Lipinski definition) is 2. The summed E-state index contributed by atoms with van der Waals surface area (Å²) in [5, 5.41) is 2.92. The summed E-state index contributed by atoms with van der Waals surface area (Å²) < 4.78 is 4.92. The first-order valence-electron chi connectivity index (χ1n) is 6.23. The van der Waals surface area contributed by atoms with Crippen molar-refractivity contribution in [2.24, 2.45) is 11.7 Å². The molecule has 16 heavy (non-hydrogen) atoms. The van der Waals surface area contributed by atoms with Gasteiger partial charge < -0.3 is 15.8 Å². The van der Waals surface area contributed by atoms with Crippen LogP contribution in [0.1, 0.15) is 38.5 Å². The van der Waals surface area contributed by atoms with Gasteiger partial charge in [0.15, 0.2) is 0 Å². The van der Waals surface area contributed by atoms with Crippen LogP contribution < -0.4 is 11.1 Å². The Morgan fingerprint density at radius 3 is 3.00 bits per heavy atom. The van der Waals surface area contributed by atoms with Crippen LogP contribution in [-0.4, -0.2) is 32.2 Å². The molecule has 0 aromatic rings. The lowest BCUT2D eigenvalue weighted by atomic mass is 9.84. The fourth-order valence-corrected chi connectivity index (χ4v) is 2.30. The van der Waals surface area contributed by atoms with E-state index in [9.17, 15) is 4.79 Å². The number of amides is 1. The third-order valence-electron chi connectivity index (χ3n) is 3.14. The summed E-state index contributed by atoms with van der Waals surface area (Å²) >= 11 is 0. The molecule has 3 N–H and O–H groups in total. The monoisotopic (exact) mass is 228 g/mol. The average Bonchev–Trinajstić information content (AvgIpc) is 2.24. The topological polar surface area (TPSA) is 64.3 Å². The molecule has 0 aliphatic heterocycles. The highest BCUT2D eigenvalue weighted by molar-refractivity contribution is 5.76. The normalized spacial score (nSPS) is 25.4. The van der Waals surface area contributed by atoms with E-state index in [1.165, 1.54) is 6.42 Å². The van der Waals surface area contributed by atoms with Crippen molar-refractivity contribution in [2.75, 3.05) is 20.3 Å². The largest absolute Gasteiger partial charge is 0.385 e. The minimum atomic E-state index is 0.162. The van der Waals surface area contributed by atoms with Crippen molar-refractivity contribution in [3.63, 3.8) is 0 Å². The molecule has 1 aliphatic carbocycles. The number of carbonyl (C=O) groups is 1. The maximum absolute atomic E-state index is 11.6. The Labute approximate surface area is 97.9 Å². The number of ether oxygens (including phenoxy) is 1. The molecule has 1 fully saturated rings. The lowest BCUT2D eigenvalue weighted by Crippen LogP contribution is -2.32. The quantitative estimate of drug-likeness (QED) is 0.668. The first kappa shape index (κ1) is 13.5. The van der Waals surface area contributed by atoms with Gasteiger partial charge in [-0.15, -0.1) is 0 Å². The fraction of sp³-hybridized carbons (Fsp3) is 0.917. The molecule has 0 radical (unpaired) electrons. The molecule has 0 saturated heterocycles. The van der Waals surface area contributed by atoms with Gasteiger partial charge in [0.25, 0.3) is 0 Å². The molecule has 0 bridgehead atoms. The van der Waals surface area contributed by atoms with Gasteiger partial charge >= 0.3 is 0 Å². The van der Waals surface area contributed by atoms with Crippen molar-refractivity contribution in [3.8, 4) is 0 Å². The molecule has 1 aliphatic rings. The highest BCUT2D eigenvalue weighted by atomic mass is 16.5. The Balaban J connectivity index is 2.08. The predicted molar refractivity (Wildman–Crippen MR) is 64.1 cm³/mol. The molecule has 2 unspecified atom stereocenters. The minimum absolute atomic E-state index is 0.162. The van der Waals surface area contributed by atoms with E-state index in [-0.39, 0.29) is 5.91 Å². The Morgan fingerprint density at radius 1 is 1.50 bits per heavy atom. The first-order chi connectivity index (χ1) is 7.72. The molecule has 0 heterocycles. The number of hydrogen-bond acceptors (Lipinski definition) is 3. The van der Waals surface area contributed by atoms with Crippen LogP contribution >= 0.6 is 0 Å². The second-order valence-electron chi connectivity index (χ2n) is 4.69. The summed E-state index contributed by atoms with van der Waals surface area (Å²) in [7, 11) is 1.67. The van der Waals surface area contributed by atoms with E-state index in [4.69, 9.17) is 10.5 Å². The smallest absolute Gasteiger partial charge is 0.220 e. The van der Waals surface area contributed by atoms with Gasteiger partial charge in [-0.3, -0.25) is 4.79 Å². The molecule has 2 atom stereocenters. The lowest BCUT2D eigenvalue weighted by Gasteiger charge is -2.26. The van der Waals surface area contributed by atoms with Crippen molar-refractivity contribution < 1.29 is 9.53 Å². The van der Waals surface area contributed by atoms with E-state index in [0.717, 1.165) is 25.7 Å². The van der Waals surface area contributed by atoms with Gasteiger partial charge in [-0.05, 0) is 31.6 Å². The molecule has 0 aromatic heterocycles. The summed E-state index contributed by atoms with van der Waals surface area (Å²) in [5.41, 5.74) is 5.89. The van der Waals surface area contributed by atoms with E-state index in [0.29, 0.717) is 31.5 Å². The van der Waals surface area contributed by atoms with E-state index >= 15 is 0 Å². The maximum atomic E-state index is 11.6. The zero-order valence-corrected chi connectivity index (χ0v) is 10.2. The first-order valence-corrected chi connectivity index (χ1v) is 6.23. The zero-order chi connectivity index (χ0) is 11.8. The van der Waals surface area contributed by atoms with Crippen molar-refractivity contribution >= 4 is 5.91 Å². The molecule has 0 aromatic carbocycles. The standard InChI is InChI=1S/C12H24N2O2/c1-16-7-3-6-14-12(15)9-10-4-2-5-11(13)8-10/h10-11H,2-9,13H2,1H3,(H,14,15). The molecule has 94 valence electrons. The van der Waals surface area contributed by atoms with Crippen molar-refractivity contribution in [2.45, 2.75) is 44.6 Å². The molecular weight excluding hydrogens is 204 g/mol. The summed E-state index contributed by atoms with van der Waals surface area (Å²) in [4.78, 5) is 11.6. The van der Waals surface area contributed by atoms with Crippen LogP contribution in [0.2, 0.25) is 0 Å². The van der Waals surface area contributed by atoms with Gasteiger partial charge in [0.05, 0.1) is 0 Å². The molecular formula is C12H24N2O2. The number of rotatable bonds is 6. The molecule has 0 spiro atoms. The maximum Gasteiger partial charge on any atom is 0.220 e. The fourth-order valence-electron chi connectivity index (χ4n) is 2.30. The van der Waals surface area contributed by atoms with Crippen molar-refractivity contribution in [1.29, 1.82) is 0 Å². The van der Waals surface area contributed by atoms with E-state index in [1.807, 2.05) is 0 Å². The summed E-state index contributed by atoms with van der Waals surface area (Å²) in [6, 6.07) is 0.306. The SMILES string of the molecule is COCCCNC(=O)CC1CCCC(N)C1. The number of nitrogens with one attached hydrogen (secondary N) is 1. The third-order valence-corrected chi connectivity index (χ3v) is 3.14. The van der Waals surface area contributed by atoms with E-state index in [1.54, 1.807) is 7.11 Å². The Bertz CT molecular complexity index is 209. The number of carbonyl (C=O) groups excluding carboxylic acids is 1. The van der Waals surface area contributed by atoms with Crippen LogP contribution in [0.15, 0.2) is 0 Å². The van der Waals surface area contributed by atoms with Crippen LogP contribution in [-0.2, 0) is 9.53 Å². The molecule has 1 amide bonds. The Kier molecular flexibility index (Phi) is 6.42. The summed E-state index contributed by atoms with van der Waals surface area (Å²) in [6.45, 7) is 1.42. The Morgan fingerprint density at radius 2 is 2.31 bits per heavy atom. The van der Waals surface area contributed by atoms with Gasteiger partial charge in [-0.2, -0.15) is 0 Å². The van der Waals surface area contributed by atoms with Gasteiger partial charge in [-0.1, -0.05) is 6.42 Å². The summed E-state index contributed by atoms with van der Waals surface area (Å²) in [5.74, 6) is 0.654. The average molecular weight is 228 g/mol.